The number of carbonyl (C=O) groups excluding carboxylic acids is 1. The molecule has 5 nitrogen and oxygen atoms in total. The largest absolute Gasteiger partial charge is 0.478 e. The van der Waals surface area contributed by atoms with E-state index < -0.39 is 11.9 Å². The topological polar surface area (TPSA) is 66.8 Å². The minimum Gasteiger partial charge on any atom is -0.478 e. The van der Waals surface area contributed by atoms with Crippen LogP contribution in [0.15, 0.2) is 12.2 Å². The summed E-state index contributed by atoms with van der Waals surface area (Å²) >= 11 is 0. The van der Waals surface area contributed by atoms with Gasteiger partial charge in [-0.15, -0.1) is 0 Å². The molecule has 1 N–H and O–H groups in total. The summed E-state index contributed by atoms with van der Waals surface area (Å²) in [6.07, 6.45) is 5.30. The second-order valence-electron chi connectivity index (χ2n) is 4.69. The highest BCUT2D eigenvalue weighted by Crippen LogP contribution is 2.11. The van der Waals surface area contributed by atoms with E-state index in [-0.39, 0.29) is 6.10 Å². The van der Waals surface area contributed by atoms with Gasteiger partial charge in [0.2, 0.25) is 0 Å². The third-order valence-corrected chi connectivity index (χ3v) is 3.19. The van der Waals surface area contributed by atoms with Crippen LogP contribution in [0.3, 0.4) is 0 Å². The molecule has 0 aromatic rings. The van der Waals surface area contributed by atoms with Crippen molar-refractivity contribution in [3.63, 3.8) is 0 Å². The molecule has 0 aromatic heterocycles. The average Bonchev–Trinajstić information content (AvgIpc) is 2.43. The van der Waals surface area contributed by atoms with Gasteiger partial charge in [-0.3, -0.25) is 0 Å². The number of hydrogen-bond acceptors (Lipinski definition) is 4. The van der Waals surface area contributed by atoms with E-state index in [1.807, 2.05) is 0 Å². The van der Waals surface area contributed by atoms with Crippen LogP contribution in [0, 0.1) is 0 Å². The van der Waals surface area contributed by atoms with Gasteiger partial charge in [-0.1, -0.05) is 33.6 Å². The Morgan fingerprint density at radius 3 is 2.30 bits per heavy atom. The number of carbonyl (C=O) groups is 2. The van der Waals surface area contributed by atoms with Crippen LogP contribution in [0.4, 0.5) is 0 Å². The SMILES string of the molecule is CCCCC(CCN(CC)CC)OC(=O)/C=C\C(=O)O. The minimum atomic E-state index is -1.14. The Kier molecular flexibility index (Phi) is 10.7. The van der Waals surface area contributed by atoms with Gasteiger partial charge < -0.3 is 14.7 Å². The lowest BCUT2D eigenvalue weighted by Crippen LogP contribution is -2.28. The molecule has 0 saturated heterocycles. The Morgan fingerprint density at radius 1 is 1.15 bits per heavy atom. The Labute approximate surface area is 121 Å². The molecule has 1 atom stereocenters. The van der Waals surface area contributed by atoms with Gasteiger partial charge in [-0.2, -0.15) is 0 Å². The van der Waals surface area contributed by atoms with Crippen molar-refractivity contribution in [3.05, 3.63) is 12.2 Å². The zero-order valence-corrected chi connectivity index (χ0v) is 12.8. The summed E-state index contributed by atoms with van der Waals surface area (Å²) < 4.78 is 5.33. The normalized spacial score (nSPS) is 12.8. The highest BCUT2D eigenvalue weighted by atomic mass is 16.5. The van der Waals surface area contributed by atoms with Gasteiger partial charge in [0.25, 0.3) is 0 Å². The van der Waals surface area contributed by atoms with Gasteiger partial charge in [0.15, 0.2) is 0 Å². The molecular formula is C15H27NO4. The molecule has 0 heterocycles. The third-order valence-electron chi connectivity index (χ3n) is 3.19. The molecule has 0 aliphatic rings. The van der Waals surface area contributed by atoms with Gasteiger partial charge >= 0.3 is 11.9 Å². The summed E-state index contributed by atoms with van der Waals surface area (Å²) in [6.45, 7) is 9.14. The Hall–Kier alpha value is -1.36. The lowest BCUT2D eigenvalue weighted by Gasteiger charge is -2.22. The lowest BCUT2D eigenvalue weighted by atomic mass is 10.1. The number of nitrogens with zero attached hydrogens (tertiary/aromatic N) is 1. The van der Waals surface area contributed by atoms with Crippen LogP contribution in [0.2, 0.25) is 0 Å². The summed E-state index contributed by atoms with van der Waals surface area (Å²) in [5.74, 6) is -1.72. The second kappa shape index (κ2) is 11.5. The fraction of sp³-hybridized carbons (Fsp3) is 0.733. The predicted molar refractivity (Wildman–Crippen MR) is 78.6 cm³/mol. The molecule has 1 unspecified atom stereocenters. The minimum absolute atomic E-state index is 0.138. The van der Waals surface area contributed by atoms with Crippen molar-refractivity contribution in [2.24, 2.45) is 0 Å². The summed E-state index contributed by atoms with van der Waals surface area (Å²) in [5, 5.41) is 8.48. The molecule has 0 rings (SSSR count). The van der Waals surface area contributed by atoms with E-state index in [4.69, 9.17) is 9.84 Å². The van der Waals surface area contributed by atoms with E-state index in [1.54, 1.807) is 0 Å². The van der Waals surface area contributed by atoms with Gasteiger partial charge in [-0.05, 0) is 25.9 Å². The zero-order valence-electron chi connectivity index (χ0n) is 12.8. The maximum atomic E-state index is 11.5. The molecule has 0 fully saturated rings. The molecule has 0 bridgehead atoms. The number of aliphatic carboxylic acids is 1. The van der Waals surface area contributed by atoms with E-state index in [0.717, 1.165) is 57.5 Å². The van der Waals surface area contributed by atoms with Crippen molar-refractivity contribution in [1.29, 1.82) is 0 Å². The maximum absolute atomic E-state index is 11.5. The molecule has 0 radical (unpaired) electrons. The van der Waals surface area contributed by atoms with E-state index in [2.05, 4.69) is 25.7 Å². The Bertz CT molecular complexity index is 311. The van der Waals surface area contributed by atoms with Crippen molar-refractivity contribution in [2.75, 3.05) is 19.6 Å². The van der Waals surface area contributed by atoms with Crippen molar-refractivity contribution in [1.82, 2.24) is 4.90 Å². The van der Waals surface area contributed by atoms with E-state index >= 15 is 0 Å². The van der Waals surface area contributed by atoms with E-state index in [1.165, 1.54) is 0 Å². The molecule has 0 aromatic carbocycles. The zero-order chi connectivity index (χ0) is 15.4. The standard InChI is InChI=1S/C15H27NO4/c1-4-7-8-13(11-12-16(5-2)6-3)20-15(19)10-9-14(17)18/h9-10,13H,4-8,11-12H2,1-3H3,(H,17,18)/b10-9-. The van der Waals surface area contributed by atoms with Crippen molar-refractivity contribution in [2.45, 2.75) is 52.6 Å². The number of rotatable bonds is 11. The summed E-state index contributed by atoms with van der Waals surface area (Å²) in [5.41, 5.74) is 0. The molecule has 0 spiro atoms. The number of unbranched alkanes of at least 4 members (excludes halogenated alkanes) is 1. The first-order valence-electron chi connectivity index (χ1n) is 7.37. The molecule has 0 aliphatic carbocycles. The highest BCUT2D eigenvalue weighted by molar-refractivity contribution is 5.90. The van der Waals surface area contributed by atoms with Crippen LogP contribution < -0.4 is 0 Å². The number of carboxylic acids is 1. The van der Waals surface area contributed by atoms with E-state index in [0.29, 0.717) is 0 Å². The van der Waals surface area contributed by atoms with Gasteiger partial charge in [0, 0.05) is 18.7 Å². The van der Waals surface area contributed by atoms with Gasteiger partial charge in [0.05, 0.1) is 0 Å². The van der Waals surface area contributed by atoms with Crippen LogP contribution in [-0.2, 0) is 14.3 Å². The summed E-state index contributed by atoms with van der Waals surface area (Å²) in [6, 6.07) is 0. The highest BCUT2D eigenvalue weighted by Gasteiger charge is 2.14. The fourth-order valence-electron chi connectivity index (χ4n) is 1.90. The first kappa shape index (κ1) is 18.6. The maximum Gasteiger partial charge on any atom is 0.331 e. The number of esters is 1. The van der Waals surface area contributed by atoms with E-state index in [9.17, 15) is 9.59 Å². The Balaban J connectivity index is 4.32. The monoisotopic (exact) mass is 285 g/mol. The predicted octanol–water partition coefficient (Wildman–Crippen LogP) is 2.46. The fourth-order valence-corrected chi connectivity index (χ4v) is 1.90. The van der Waals surface area contributed by atoms with Crippen LogP contribution in [-0.4, -0.2) is 47.7 Å². The quantitative estimate of drug-likeness (QED) is 0.466. The smallest absolute Gasteiger partial charge is 0.331 e. The van der Waals surface area contributed by atoms with Crippen LogP contribution in [0.1, 0.15) is 46.5 Å². The van der Waals surface area contributed by atoms with Crippen LogP contribution >= 0.6 is 0 Å². The second-order valence-corrected chi connectivity index (χ2v) is 4.69. The summed E-state index contributed by atoms with van der Waals surface area (Å²) in [7, 11) is 0. The molecule has 0 amide bonds. The number of carboxylic acid groups (broad SMARTS) is 1. The lowest BCUT2D eigenvalue weighted by molar-refractivity contribution is -0.144. The molecular weight excluding hydrogens is 258 g/mol. The molecule has 20 heavy (non-hydrogen) atoms. The van der Waals surface area contributed by atoms with Crippen LogP contribution in [0.25, 0.3) is 0 Å². The number of ether oxygens (including phenoxy) is 1. The van der Waals surface area contributed by atoms with Crippen molar-refractivity contribution >= 4 is 11.9 Å². The van der Waals surface area contributed by atoms with Gasteiger partial charge in [-0.25, -0.2) is 9.59 Å². The molecule has 0 saturated carbocycles. The first-order chi connectivity index (χ1) is 9.53. The first-order valence-corrected chi connectivity index (χ1v) is 7.37. The third kappa shape index (κ3) is 9.55. The van der Waals surface area contributed by atoms with Crippen molar-refractivity contribution in [3.8, 4) is 0 Å². The number of hydrogen-bond donors (Lipinski definition) is 1. The summed E-state index contributed by atoms with van der Waals surface area (Å²) in [4.78, 5) is 24.1. The average molecular weight is 285 g/mol. The van der Waals surface area contributed by atoms with Gasteiger partial charge in [0.1, 0.15) is 6.10 Å². The van der Waals surface area contributed by atoms with Crippen molar-refractivity contribution < 1.29 is 19.4 Å². The molecule has 5 heteroatoms. The molecule has 0 aliphatic heterocycles. The molecule has 116 valence electrons. The Morgan fingerprint density at radius 2 is 1.80 bits per heavy atom. The van der Waals surface area contributed by atoms with Crippen LogP contribution in [0.5, 0.6) is 0 Å².